The number of carbonyl (C=O) groups is 2. The first kappa shape index (κ1) is 20.9. The molecule has 1 N–H and O–H groups in total. The molecule has 3 rings (SSSR count). The van der Waals surface area contributed by atoms with Crippen molar-refractivity contribution in [3.05, 3.63) is 59.7 Å². The van der Waals surface area contributed by atoms with Gasteiger partial charge in [-0.15, -0.1) is 0 Å². The Hall–Kier alpha value is -2.82. The van der Waals surface area contributed by atoms with E-state index >= 15 is 0 Å². The van der Waals surface area contributed by atoms with Crippen molar-refractivity contribution in [1.29, 1.82) is 0 Å². The SMILES string of the molecule is CCN(CC)c1ccc(NC(=O)C2CCN(C(=O)c3cccc(C)c3)CC2)cc1. The Bertz CT molecular complexity index is 835. The predicted octanol–water partition coefficient (Wildman–Crippen LogP) is 4.33. The van der Waals surface area contributed by atoms with Crippen molar-refractivity contribution < 1.29 is 9.59 Å². The number of carbonyl (C=O) groups excluding carboxylic acids is 2. The number of rotatable bonds is 6. The molecule has 5 heteroatoms. The van der Waals surface area contributed by atoms with E-state index in [1.165, 1.54) is 0 Å². The van der Waals surface area contributed by atoms with Gasteiger partial charge in [-0.2, -0.15) is 0 Å². The zero-order valence-electron chi connectivity index (χ0n) is 17.6. The molecule has 2 aromatic carbocycles. The number of likely N-dealkylation sites (tertiary alicyclic amines) is 1. The second kappa shape index (κ2) is 9.59. The van der Waals surface area contributed by atoms with Gasteiger partial charge >= 0.3 is 0 Å². The molecular formula is C24H31N3O2. The van der Waals surface area contributed by atoms with E-state index in [0.717, 1.165) is 35.6 Å². The fourth-order valence-electron chi connectivity index (χ4n) is 3.89. The van der Waals surface area contributed by atoms with E-state index in [2.05, 4.69) is 24.1 Å². The number of piperidine rings is 1. The zero-order valence-corrected chi connectivity index (χ0v) is 17.6. The molecule has 2 amide bonds. The summed E-state index contributed by atoms with van der Waals surface area (Å²) in [6.45, 7) is 9.41. The summed E-state index contributed by atoms with van der Waals surface area (Å²) in [5.41, 5.74) is 3.79. The molecule has 1 aliphatic heterocycles. The third-order valence-electron chi connectivity index (χ3n) is 5.68. The number of hydrogen-bond acceptors (Lipinski definition) is 3. The highest BCUT2D eigenvalue weighted by Crippen LogP contribution is 2.23. The van der Waals surface area contributed by atoms with Gasteiger partial charge in [0.15, 0.2) is 0 Å². The van der Waals surface area contributed by atoms with Crippen molar-refractivity contribution in [3.8, 4) is 0 Å². The molecule has 0 aromatic heterocycles. The van der Waals surface area contributed by atoms with Crippen LogP contribution >= 0.6 is 0 Å². The third kappa shape index (κ3) is 5.17. The highest BCUT2D eigenvalue weighted by molar-refractivity contribution is 5.95. The van der Waals surface area contributed by atoms with Crippen LogP contribution in [0, 0.1) is 12.8 Å². The van der Waals surface area contributed by atoms with Crippen LogP contribution in [-0.4, -0.2) is 42.9 Å². The lowest BCUT2D eigenvalue weighted by atomic mass is 9.95. The lowest BCUT2D eigenvalue weighted by Gasteiger charge is -2.31. The maximum atomic E-state index is 12.7. The van der Waals surface area contributed by atoms with Crippen molar-refractivity contribution in [2.45, 2.75) is 33.6 Å². The summed E-state index contributed by atoms with van der Waals surface area (Å²) in [5, 5.41) is 3.04. The first-order valence-corrected chi connectivity index (χ1v) is 10.5. The standard InChI is InChI=1S/C24H31N3O2/c1-4-26(5-2)22-11-9-21(10-12-22)25-23(28)19-13-15-27(16-14-19)24(29)20-8-6-7-18(3)17-20/h6-12,17,19H,4-5,13-16H2,1-3H3,(H,25,28). The Morgan fingerprint density at radius 3 is 2.28 bits per heavy atom. The van der Waals surface area contributed by atoms with E-state index in [1.54, 1.807) is 0 Å². The minimum Gasteiger partial charge on any atom is -0.372 e. The van der Waals surface area contributed by atoms with Crippen molar-refractivity contribution in [1.82, 2.24) is 4.90 Å². The monoisotopic (exact) mass is 393 g/mol. The quantitative estimate of drug-likeness (QED) is 0.795. The van der Waals surface area contributed by atoms with Crippen LogP contribution in [0.5, 0.6) is 0 Å². The molecule has 1 aliphatic rings. The maximum Gasteiger partial charge on any atom is 0.253 e. The van der Waals surface area contributed by atoms with Crippen LogP contribution in [0.1, 0.15) is 42.6 Å². The molecule has 0 unspecified atom stereocenters. The summed E-state index contributed by atoms with van der Waals surface area (Å²) in [7, 11) is 0. The van der Waals surface area contributed by atoms with Crippen molar-refractivity contribution in [2.75, 3.05) is 36.4 Å². The largest absolute Gasteiger partial charge is 0.372 e. The van der Waals surface area contributed by atoms with Gasteiger partial charge in [-0.05, 0) is 70.0 Å². The Labute approximate surface area is 173 Å². The molecule has 154 valence electrons. The molecule has 1 fully saturated rings. The van der Waals surface area contributed by atoms with Gasteiger partial charge in [0.2, 0.25) is 5.91 Å². The number of aryl methyl sites for hydroxylation is 1. The zero-order chi connectivity index (χ0) is 20.8. The van der Waals surface area contributed by atoms with Crippen LogP contribution in [0.4, 0.5) is 11.4 Å². The molecule has 5 nitrogen and oxygen atoms in total. The minimum atomic E-state index is -0.0565. The van der Waals surface area contributed by atoms with Crippen molar-refractivity contribution in [2.24, 2.45) is 5.92 Å². The lowest BCUT2D eigenvalue weighted by molar-refractivity contribution is -0.121. The van der Waals surface area contributed by atoms with E-state index in [4.69, 9.17) is 0 Å². The highest BCUT2D eigenvalue weighted by atomic mass is 16.2. The van der Waals surface area contributed by atoms with Crippen LogP contribution in [0.2, 0.25) is 0 Å². The first-order chi connectivity index (χ1) is 14.0. The molecule has 0 atom stereocenters. The number of anilines is 2. The number of benzene rings is 2. The molecule has 29 heavy (non-hydrogen) atoms. The van der Waals surface area contributed by atoms with Gasteiger partial charge in [0.1, 0.15) is 0 Å². The summed E-state index contributed by atoms with van der Waals surface area (Å²) in [5.74, 6) is 0.0433. The smallest absolute Gasteiger partial charge is 0.253 e. The maximum absolute atomic E-state index is 12.7. The molecule has 2 aromatic rings. The molecule has 0 radical (unpaired) electrons. The fourth-order valence-corrected chi connectivity index (χ4v) is 3.89. The summed E-state index contributed by atoms with van der Waals surface area (Å²) >= 11 is 0. The van der Waals surface area contributed by atoms with Gasteiger partial charge in [-0.3, -0.25) is 9.59 Å². The second-order valence-electron chi connectivity index (χ2n) is 7.64. The van der Waals surface area contributed by atoms with Gasteiger partial charge in [0, 0.05) is 49.0 Å². The molecule has 1 saturated heterocycles. The molecule has 0 aliphatic carbocycles. The van der Waals surface area contributed by atoms with Crippen LogP contribution in [0.15, 0.2) is 48.5 Å². The Morgan fingerprint density at radius 2 is 1.69 bits per heavy atom. The Balaban J connectivity index is 1.53. The fraction of sp³-hybridized carbons (Fsp3) is 0.417. The Morgan fingerprint density at radius 1 is 1.03 bits per heavy atom. The lowest BCUT2D eigenvalue weighted by Crippen LogP contribution is -2.41. The Kier molecular flexibility index (Phi) is 6.91. The topological polar surface area (TPSA) is 52.7 Å². The van der Waals surface area contributed by atoms with E-state index in [9.17, 15) is 9.59 Å². The summed E-state index contributed by atoms with van der Waals surface area (Å²) in [6, 6.07) is 15.7. The van der Waals surface area contributed by atoms with Crippen LogP contribution < -0.4 is 10.2 Å². The van der Waals surface area contributed by atoms with E-state index < -0.39 is 0 Å². The molecule has 0 spiro atoms. The molecular weight excluding hydrogens is 362 g/mol. The predicted molar refractivity (Wildman–Crippen MR) is 118 cm³/mol. The normalized spacial score (nSPS) is 14.5. The molecule has 0 bridgehead atoms. The van der Waals surface area contributed by atoms with Gasteiger partial charge in [0.25, 0.3) is 5.91 Å². The van der Waals surface area contributed by atoms with Crippen LogP contribution in [0.3, 0.4) is 0 Å². The van der Waals surface area contributed by atoms with Crippen LogP contribution in [-0.2, 0) is 4.79 Å². The third-order valence-corrected chi connectivity index (χ3v) is 5.68. The number of hydrogen-bond donors (Lipinski definition) is 1. The van der Waals surface area contributed by atoms with Gasteiger partial charge in [-0.1, -0.05) is 17.7 Å². The summed E-state index contributed by atoms with van der Waals surface area (Å²) < 4.78 is 0. The average molecular weight is 394 g/mol. The van der Waals surface area contributed by atoms with Gasteiger partial charge in [0.05, 0.1) is 0 Å². The van der Waals surface area contributed by atoms with Crippen LogP contribution in [0.25, 0.3) is 0 Å². The second-order valence-corrected chi connectivity index (χ2v) is 7.64. The first-order valence-electron chi connectivity index (χ1n) is 10.5. The number of nitrogens with one attached hydrogen (secondary N) is 1. The van der Waals surface area contributed by atoms with Crippen molar-refractivity contribution in [3.63, 3.8) is 0 Å². The molecule has 0 saturated carbocycles. The van der Waals surface area contributed by atoms with E-state index in [-0.39, 0.29) is 17.7 Å². The van der Waals surface area contributed by atoms with E-state index in [1.807, 2.05) is 60.4 Å². The van der Waals surface area contributed by atoms with Gasteiger partial charge < -0.3 is 15.1 Å². The highest BCUT2D eigenvalue weighted by Gasteiger charge is 2.28. The van der Waals surface area contributed by atoms with E-state index in [0.29, 0.717) is 25.9 Å². The van der Waals surface area contributed by atoms with Crippen molar-refractivity contribution >= 4 is 23.2 Å². The summed E-state index contributed by atoms with van der Waals surface area (Å²) in [4.78, 5) is 29.5. The van der Waals surface area contributed by atoms with Gasteiger partial charge in [-0.25, -0.2) is 0 Å². The average Bonchev–Trinajstić information content (AvgIpc) is 2.75. The number of nitrogens with zero attached hydrogens (tertiary/aromatic N) is 2. The summed E-state index contributed by atoms with van der Waals surface area (Å²) in [6.07, 6.45) is 1.39. The minimum absolute atomic E-state index is 0.0447. The molecule has 1 heterocycles. The number of amides is 2.